The summed E-state index contributed by atoms with van der Waals surface area (Å²) >= 11 is 0. The number of halogens is 3. The molecular weight excluding hydrogens is 235 g/mol. The number of aromatic nitrogens is 2. The van der Waals surface area contributed by atoms with Gasteiger partial charge in [0, 0.05) is 7.05 Å². The second-order valence-corrected chi connectivity index (χ2v) is 4.10. The summed E-state index contributed by atoms with van der Waals surface area (Å²) in [6, 6.07) is 0. The summed E-state index contributed by atoms with van der Waals surface area (Å²) < 4.78 is 42.3. The first-order valence-corrected chi connectivity index (χ1v) is 5.24. The lowest BCUT2D eigenvalue weighted by Gasteiger charge is -2.09. The molecule has 0 aliphatic heterocycles. The fraction of sp³-hybridized carbons (Fsp3) is 0.700. The van der Waals surface area contributed by atoms with Crippen LogP contribution in [0.3, 0.4) is 0 Å². The van der Waals surface area contributed by atoms with Gasteiger partial charge in [-0.05, 0) is 5.92 Å². The van der Waals surface area contributed by atoms with E-state index in [4.69, 9.17) is 10.5 Å². The average Bonchev–Trinajstić information content (AvgIpc) is 2.43. The van der Waals surface area contributed by atoms with Crippen LogP contribution in [-0.2, 0) is 7.05 Å². The van der Waals surface area contributed by atoms with E-state index in [0.717, 1.165) is 0 Å². The first-order chi connectivity index (χ1) is 7.72. The first-order valence-electron chi connectivity index (χ1n) is 5.24. The molecule has 0 saturated heterocycles. The maximum Gasteiger partial charge on any atom is 0.392 e. The average molecular weight is 251 g/mol. The Hall–Kier alpha value is -1.40. The lowest BCUT2D eigenvalue weighted by molar-refractivity contribution is -0.139. The van der Waals surface area contributed by atoms with Crippen LogP contribution in [0.2, 0.25) is 0 Å². The van der Waals surface area contributed by atoms with Gasteiger partial charge in [-0.2, -0.15) is 18.3 Å². The molecule has 0 saturated carbocycles. The number of nitrogen functional groups attached to an aromatic ring is 1. The zero-order valence-electron chi connectivity index (χ0n) is 10.0. The van der Waals surface area contributed by atoms with E-state index in [1.807, 2.05) is 13.8 Å². The number of hydrogen-bond acceptors (Lipinski definition) is 3. The van der Waals surface area contributed by atoms with E-state index in [9.17, 15) is 13.2 Å². The molecule has 0 atom stereocenters. The molecular formula is C10H16F3N3O. The molecule has 1 aromatic heterocycles. The summed E-state index contributed by atoms with van der Waals surface area (Å²) in [5.74, 6) is 0.291. The van der Waals surface area contributed by atoms with Crippen molar-refractivity contribution in [2.45, 2.75) is 32.4 Å². The highest BCUT2D eigenvalue weighted by Crippen LogP contribution is 2.30. The van der Waals surface area contributed by atoms with E-state index in [1.54, 1.807) is 7.05 Å². The molecule has 0 bridgehead atoms. The smallest absolute Gasteiger partial charge is 0.392 e. The third kappa shape index (κ3) is 3.54. The van der Waals surface area contributed by atoms with Crippen LogP contribution in [0.1, 0.15) is 31.9 Å². The third-order valence-corrected chi connectivity index (χ3v) is 2.23. The van der Waals surface area contributed by atoms with Crippen molar-refractivity contribution in [1.82, 2.24) is 9.78 Å². The number of ether oxygens (including phenoxy) is 1. The van der Waals surface area contributed by atoms with Crippen LogP contribution >= 0.6 is 0 Å². The lowest BCUT2D eigenvalue weighted by atomic mass is 10.1. The SMILES string of the molecule is CC(C)c1nn(C)c(OCCC(F)(F)F)c1N. The van der Waals surface area contributed by atoms with Crippen LogP contribution in [0.4, 0.5) is 18.9 Å². The Morgan fingerprint density at radius 3 is 2.41 bits per heavy atom. The lowest BCUT2D eigenvalue weighted by Crippen LogP contribution is -2.14. The Morgan fingerprint density at radius 1 is 1.41 bits per heavy atom. The first kappa shape index (κ1) is 13.7. The molecule has 0 aromatic carbocycles. The van der Waals surface area contributed by atoms with Crippen molar-refractivity contribution in [3.8, 4) is 5.88 Å². The fourth-order valence-electron chi connectivity index (χ4n) is 1.41. The van der Waals surface area contributed by atoms with Gasteiger partial charge in [0.05, 0.1) is 18.7 Å². The summed E-state index contributed by atoms with van der Waals surface area (Å²) in [5.41, 5.74) is 6.71. The number of alkyl halides is 3. The second kappa shape index (κ2) is 4.85. The molecule has 0 fully saturated rings. The predicted octanol–water partition coefficient (Wildman–Crippen LogP) is 2.46. The Bertz CT molecular complexity index is 385. The standard InChI is InChI=1S/C10H16F3N3O/c1-6(2)8-7(14)9(16(3)15-8)17-5-4-10(11,12)13/h6H,4-5,14H2,1-3H3. The van der Waals surface area contributed by atoms with Gasteiger partial charge >= 0.3 is 6.18 Å². The van der Waals surface area contributed by atoms with Gasteiger partial charge in [-0.1, -0.05) is 13.8 Å². The maximum absolute atomic E-state index is 12.0. The topological polar surface area (TPSA) is 53.1 Å². The molecule has 98 valence electrons. The van der Waals surface area contributed by atoms with Crippen molar-refractivity contribution in [3.63, 3.8) is 0 Å². The van der Waals surface area contributed by atoms with Crippen molar-refractivity contribution in [3.05, 3.63) is 5.69 Å². The van der Waals surface area contributed by atoms with Crippen LogP contribution in [0.5, 0.6) is 5.88 Å². The van der Waals surface area contributed by atoms with Gasteiger partial charge in [-0.3, -0.25) is 0 Å². The minimum Gasteiger partial charge on any atom is -0.476 e. The van der Waals surface area contributed by atoms with Gasteiger partial charge in [0.15, 0.2) is 0 Å². The van der Waals surface area contributed by atoms with E-state index in [-0.39, 0.29) is 11.8 Å². The molecule has 0 aliphatic carbocycles. The van der Waals surface area contributed by atoms with Gasteiger partial charge < -0.3 is 10.5 Å². The number of aryl methyl sites for hydroxylation is 1. The van der Waals surface area contributed by atoms with E-state index < -0.39 is 19.2 Å². The summed E-state index contributed by atoms with van der Waals surface area (Å²) in [5, 5.41) is 4.11. The summed E-state index contributed by atoms with van der Waals surface area (Å²) in [6.07, 6.45) is -5.23. The van der Waals surface area contributed by atoms with Crippen LogP contribution in [-0.4, -0.2) is 22.6 Å². The summed E-state index contributed by atoms with van der Waals surface area (Å²) in [7, 11) is 1.59. The molecule has 17 heavy (non-hydrogen) atoms. The van der Waals surface area contributed by atoms with Crippen LogP contribution in [0.25, 0.3) is 0 Å². The number of anilines is 1. The van der Waals surface area contributed by atoms with Gasteiger partial charge in [-0.15, -0.1) is 0 Å². The van der Waals surface area contributed by atoms with E-state index >= 15 is 0 Å². The number of nitrogens with two attached hydrogens (primary N) is 1. The summed E-state index contributed by atoms with van der Waals surface area (Å²) in [6.45, 7) is 3.35. The molecule has 4 nitrogen and oxygen atoms in total. The highest BCUT2D eigenvalue weighted by molar-refractivity contribution is 5.54. The van der Waals surface area contributed by atoms with Gasteiger partial charge in [-0.25, -0.2) is 4.68 Å². The molecule has 1 rings (SSSR count). The van der Waals surface area contributed by atoms with Crippen LogP contribution in [0, 0.1) is 0 Å². The Labute approximate surface area is 97.5 Å². The molecule has 0 unspecified atom stereocenters. The molecule has 7 heteroatoms. The van der Waals surface area contributed by atoms with Crippen LogP contribution < -0.4 is 10.5 Å². The Morgan fingerprint density at radius 2 is 2.00 bits per heavy atom. The van der Waals surface area contributed by atoms with Crippen molar-refractivity contribution < 1.29 is 17.9 Å². The molecule has 0 radical (unpaired) electrons. The third-order valence-electron chi connectivity index (χ3n) is 2.23. The zero-order valence-corrected chi connectivity index (χ0v) is 10.0. The number of hydrogen-bond donors (Lipinski definition) is 1. The molecule has 2 N–H and O–H groups in total. The van der Waals surface area contributed by atoms with E-state index in [0.29, 0.717) is 11.4 Å². The normalized spacial score (nSPS) is 12.2. The monoisotopic (exact) mass is 251 g/mol. The van der Waals surface area contributed by atoms with Gasteiger partial charge in [0.25, 0.3) is 0 Å². The molecule has 0 aliphatic rings. The largest absolute Gasteiger partial charge is 0.476 e. The molecule has 0 spiro atoms. The van der Waals surface area contributed by atoms with Gasteiger partial charge in [0.1, 0.15) is 5.69 Å². The second-order valence-electron chi connectivity index (χ2n) is 4.10. The Balaban J connectivity index is 2.72. The number of rotatable bonds is 4. The summed E-state index contributed by atoms with van der Waals surface area (Å²) in [4.78, 5) is 0. The molecule has 1 aromatic rings. The van der Waals surface area contributed by atoms with E-state index in [1.165, 1.54) is 4.68 Å². The minimum absolute atomic E-state index is 0.0983. The van der Waals surface area contributed by atoms with Crippen molar-refractivity contribution in [2.24, 2.45) is 7.05 Å². The van der Waals surface area contributed by atoms with Crippen LogP contribution in [0.15, 0.2) is 0 Å². The van der Waals surface area contributed by atoms with Crippen molar-refractivity contribution >= 4 is 5.69 Å². The maximum atomic E-state index is 12.0. The van der Waals surface area contributed by atoms with Gasteiger partial charge in [0.2, 0.25) is 5.88 Å². The van der Waals surface area contributed by atoms with Crippen molar-refractivity contribution in [1.29, 1.82) is 0 Å². The van der Waals surface area contributed by atoms with Crippen molar-refractivity contribution in [2.75, 3.05) is 12.3 Å². The molecule has 1 heterocycles. The quantitative estimate of drug-likeness (QED) is 0.894. The number of nitrogens with zero attached hydrogens (tertiary/aromatic N) is 2. The molecule has 0 amide bonds. The zero-order chi connectivity index (χ0) is 13.2. The Kier molecular flexibility index (Phi) is 3.90. The minimum atomic E-state index is -4.23. The highest BCUT2D eigenvalue weighted by atomic mass is 19.4. The fourth-order valence-corrected chi connectivity index (χ4v) is 1.41. The highest BCUT2D eigenvalue weighted by Gasteiger charge is 2.27. The van der Waals surface area contributed by atoms with E-state index in [2.05, 4.69) is 5.10 Å². The predicted molar refractivity (Wildman–Crippen MR) is 57.9 cm³/mol.